The molecule has 0 radical (unpaired) electrons. The third-order valence-electron chi connectivity index (χ3n) is 3.72. The van der Waals surface area contributed by atoms with E-state index in [0.717, 1.165) is 55.9 Å². The van der Waals surface area contributed by atoms with Crippen molar-refractivity contribution in [1.82, 2.24) is 10.2 Å². The van der Waals surface area contributed by atoms with Crippen LogP contribution < -0.4 is 5.32 Å². The molecule has 0 atom stereocenters. The van der Waals surface area contributed by atoms with E-state index in [4.69, 9.17) is 9.15 Å². The molecule has 1 saturated carbocycles. The van der Waals surface area contributed by atoms with E-state index >= 15 is 0 Å². The number of nitrogens with zero attached hydrogens (tertiary/aromatic N) is 2. The Bertz CT molecular complexity index is 492. The van der Waals surface area contributed by atoms with Crippen LogP contribution >= 0.6 is 0 Å². The second-order valence-electron chi connectivity index (χ2n) is 6.29. The van der Waals surface area contributed by atoms with E-state index in [9.17, 15) is 0 Å². The highest BCUT2D eigenvalue weighted by atomic mass is 16.5. The van der Waals surface area contributed by atoms with E-state index in [2.05, 4.69) is 21.8 Å². The van der Waals surface area contributed by atoms with Crippen molar-refractivity contribution in [3.05, 3.63) is 36.3 Å². The first-order chi connectivity index (χ1) is 11.1. The molecule has 1 N–H and O–H groups in total. The normalized spacial score (nSPS) is 14.8. The Morgan fingerprint density at radius 3 is 3.00 bits per heavy atom. The molecule has 1 fully saturated rings. The third kappa shape index (κ3) is 7.37. The summed E-state index contributed by atoms with van der Waals surface area (Å²) in [6.07, 6.45) is 5.20. The van der Waals surface area contributed by atoms with Gasteiger partial charge in [0.05, 0.1) is 19.4 Å². The van der Waals surface area contributed by atoms with Crippen molar-refractivity contribution >= 4 is 5.96 Å². The second-order valence-corrected chi connectivity index (χ2v) is 6.29. The zero-order valence-corrected chi connectivity index (χ0v) is 14.4. The van der Waals surface area contributed by atoms with Crippen LogP contribution in [0.1, 0.15) is 25.5 Å². The first kappa shape index (κ1) is 17.6. The van der Waals surface area contributed by atoms with Crippen LogP contribution in [0, 0.1) is 5.92 Å². The molecule has 0 saturated heterocycles. The fourth-order valence-corrected chi connectivity index (χ4v) is 2.12. The highest BCUT2D eigenvalue weighted by molar-refractivity contribution is 5.79. The molecule has 0 amide bonds. The number of guanidine groups is 1. The summed E-state index contributed by atoms with van der Waals surface area (Å²) in [5.41, 5.74) is 1.05. The maximum Gasteiger partial charge on any atom is 0.194 e. The van der Waals surface area contributed by atoms with Crippen LogP contribution in [0.15, 0.2) is 40.0 Å². The predicted molar refractivity (Wildman–Crippen MR) is 93.7 cm³/mol. The molecule has 5 nitrogen and oxygen atoms in total. The SMILES string of the molecule is C=C(C)CN=C(NCCc1ccco1)N(C)CCOCC1CC1. The van der Waals surface area contributed by atoms with Gasteiger partial charge >= 0.3 is 0 Å². The molecule has 5 heteroatoms. The van der Waals surface area contributed by atoms with Crippen molar-refractivity contribution in [3.8, 4) is 0 Å². The Hall–Kier alpha value is -1.75. The summed E-state index contributed by atoms with van der Waals surface area (Å²) in [5, 5.41) is 3.39. The van der Waals surface area contributed by atoms with E-state index in [0.29, 0.717) is 6.54 Å². The molecule has 0 spiro atoms. The van der Waals surface area contributed by atoms with Crippen LogP contribution in [-0.2, 0) is 11.2 Å². The highest BCUT2D eigenvalue weighted by Crippen LogP contribution is 2.28. The van der Waals surface area contributed by atoms with Gasteiger partial charge in [-0.2, -0.15) is 0 Å². The monoisotopic (exact) mass is 319 g/mol. The van der Waals surface area contributed by atoms with Gasteiger partial charge in [-0.3, -0.25) is 0 Å². The zero-order chi connectivity index (χ0) is 16.5. The molecule has 23 heavy (non-hydrogen) atoms. The zero-order valence-electron chi connectivity index (χ0n) is 14.4. The molecule has 1 aliphatic rings. The van der Waals surface area contributed by atoms with Gasteiger partial charge < -0.3 is 19.4 Å². The number of rotatable bonds is 10. The second kappa shape index (κ2) is 9.40. The largest absolute Gasteiger partial charge is 0.469 e. The van der Waals surface area contributed by atoms with Crippen LogP contribution in [-0.4, -0.2) is 50.8 Å². The first-order valence-corrected chi connectivity index (χ1v) is 8.39. The lowest BCUT2D eigenvalue weighted by atomic mass is 10.3. The van der Waals surface area contributed by atoms with Crippen molar-refractivity contribution in [2.75, 3.05) is 39.9 Å². The maximum atomic E-state index is 5.71. The van der Waals surface area contributed by atoms with Crippen molar-refractivity contribution in [2.24, 2.45) is 10.9 Å². The van der Waals surface area contributed by atoms with Gasteiger partial charge in [0.2, 0.25) is 0 Å². The average molecular weight is 319 g/mol. The summed E-state index contributed by atoms with van der Waals surface area (Å²) in [6, 6.07) is 3.90. The Kier molecular flexibility index (Phi) is 7.20. The van der Waals surface area contributed by atoms with Gasteiger partial charge in [-0.15, -0.1) is 0 Å². The Labute approximate surface area is 139 Å². The molecular formula is C18H29N3O2. The standard InChI is InChI=1S/C18H29N3O2/c1-15(2)13-20-18(19-9-8-17-5-4-11-23-17)21(3)10-12-22-14-16-6-7-16/h4-5,11,16H,1,6-10,12-14H2,2-3H3,(H,19,20). The average Bonchev–Trinajstić information content (AvgIpc) is 3.20. The van der Waals surface area contributed by atoms with Crippen molar-refractivity contribution in [2.45, 2.75) is 26.2 Å². The quantitative estimate of drug-likeness (QED) is 0.312. The third-order valence-corrected chi connectivity index (χ3v) is 3.72. The minimum Gasteiger partial charge on any atom is -0.469 e. The molecular weight excluding hydrogens is 290 g/mol. The molecule has 128 valence electrons. The highest BCUT2D eigenvalue weighted by Gasteiger charge is 2.21. The Morgan fingerprint density at radius 1 is 1.52 bits per heavy atom. The summed E-state index contributed by atoms with van der Waals surface area (Å²) in [6.45, 7) is 9.79. The maximum absolute atomic E-state index is 5.71. The smallest absolute Gasteiger partial charge is 0.194 e. The number of furan rings is 1. The lowest BCUT2D eigenvalue weighted by Gasteiger charge is -2.22. The fraction of sp³-hybridized carbons (Fsp3) is 0.611. The van der Waals surface area contributed by atoms with Gasteiger partial charge in [0, 0.05) is 33.2 Å². The molecule has 2 rings (SSSR count). The number of aliphatic imine (C=N–C) groups is 1. The molecule has 0 aliphatic heterocycles. The van der Waals surface area contributed by atoms with Crippen LogP contribution in [0.5, 0.6) is 0 Å². The Morgan fingerprint density at radius 2 is 2.35 bits per heavy atom. The molecule has 0 aromatic carbocycles. The summed E-state index contributed by atoms with van der Waals surface area (Å²) >= 11 is 0. The van der Waals surface area contributed by atoms with E-state index in [1.807, 2.05) is 26.1 Å². The Balaban J connectivity index is 1.74. The summed E-state index contributed by atoms with van der Waals surface area (Å²) in [7, 11) is 2.04. The number of hydrogen-bond donors (Lipinski definition) is 1. The summed E-state index contributed by atoms with van der Waals surface area (Å²) < 4.78 is 11.1. The van der Waals surface area contributed by atoms with Gasteiger partial charge in [-0.1, -0.05) is 12.2 Å². The van der Waals surface area contributed by atoms with Crippen LogP contribution in [0.25, 0.3) is 0 Å². The van der Waals surface area contributed by atoms with Gasteiger partial charge in [0.25, 0.3) is 0 Å². The van der Waals surface area contributed by atoms with Crippen molar-refractivity contribution in [3.63, 3.8) is 0 Å². The van der Waals surface area contributed by atoms with Gasteiger partial charge in [0.1, 0.15) is 5.76 Å². The lowest BCUT2D eigenvalue weighted by molar-refractivity contribution is 0.115. The minimum absolute atomic E-state index is 0.635. The summed E-state index contributed by atoms with van der Waals surface area (Å²) in [4.78, 5) is 6.72. The summed E-state index contributed by atoms with van der Waals surface area (Å²) in [5.74, 6) is 2.67. The van der Waals surface area contributed by atoms with Crippen LogP contribution in [0.2, 0.25) is 0 Å². The molecule has 1 heterocycles. The first-order valence-electron chi connectivity index (χ1n) is 8.39. The van der Waals surface area contributed by atoms with E-state index in [1.54, 1.807) is 6.26 Å². The van der Waals surface area contributed by atoms with Gasteiger partial charge in [-0.25, -0.2) is 4.99 Å². The van der Waals surface area contributed by atoms with E-state index < -0.39 is 0 Å². The number of nitrogens with one attached hydrogen (secondary N) is 1. The fourth-order valence-electron chi connectivity index (χ4n) is 2.12. The lowest BCUT2D eigenvalue weighted by Crippen LogP contribution is -2.41. The molecule has 1 aromatic rings. The topological polar surface area (TPSA) is 50.0 Å². The minimum atomic E-state index is 0.635. The molecule has 0 bridgehead atoms. The van der Waals surface area contributed by atoms with Crippen LogP contribution in [0.4, 0.5) is 0 Å². The van der Waals surface area contributed by atoms with Gasteiger partial charge in [0.15, 0.2) is 5.96 Å². The van der Waals surface area contributed by atoms with Crippen molar-refractivity contribution in [1.29, 1.82) is 0 Å². The number of ether oxygens (including phenoxy) is 1. The van der Waals surface area contributed by atoms with E-state index in [-0.39, 0.29) is 0 Å². The number of likely N-dealkylation sites (N-methyl/N-ethyl adjacent to an activating group) is 1. The molecule has 1 aliphatic carbocycles. The number of hydrogen-bond acceptors (Lipinski definition) is 3. The molecule has 0 unspecified atom stereocenters. The predicted octanol–water partition coefficient (Wildman–Crippen LogP) is 2.70. The molecule has 1 aromatic heterocycles. The van der Waals surface area contributed by atoms with E-state index in [1.165, 1.54) is 12.8 Å². The van der Waals surface area contributed by atoms with Crippen LogP contribution in [0.3, 0.4) is 0 Å². The van der Waals surface area contributed by atoms with Crippen molar-refractivity contribution < 1.29 is 9.15 Å². The van der Waals surface area contributed by atoms with Gasteiger partial charge in [-0.05, 0) is 37.8 Å².